The van der Waals surface area contributed by atoms with Crippen molar-refractivity contribution < 1.29 is 14.3 Å². The van der Waals surface area contributed by atoms with Crippen LogP contribution in [0.4, 0.5) is 4.79 Å². The predicted octanol–water partition coefficient (Wildman–Crippen LogP) is 1.14. The molecular weight excluding hydrogens is 256 g/mol. The van der Waals surface area contributed by atoms with Crippen LogP contribution in [0.1, 0.15) is 12.0 Å². The van der Waals surface area contributed by atoms with Crippen LogP contribution in [0.3, 0.4) is 0 Å². The van der Waals surface area contributed by atoms with Crippen molar-refractivity contribution in [2.45, 2.75) is 37.3 Å². The summed E-state index contributed by atoms with van der Waals surface area (Å²) in [5.41, 5.74) is 0.997. The lowest BCUT2D eigenvalue weighted by Gasteiger charge is -2.21. The average molecular weight is 274 g/mol. The van der Waals surface area contributed by atoms with E-state index in [0.717, 1.165) is 25.1 Å². The van der Waals surface area contributed by atoms with Crippen LogP contribution in [-0.4, -0.2) is 48.4 Å². The van der Waals surface area contributed by atoms with Gasteiger partial charge in [-0.2, -0.15) is 0 Å². The van der Waals surface area contributed by atoms with E-state index in [9.17, 15) is 4.79 Å². The fraction of sp³-hybridized carbons (Fsp3) is 0.533. The number of fused-ring (bicyclic) bond motifs is 1. The first-order valence-electron chi connectivity index (χ1n) is 7.18. The molecule has 4 rings (SSSR count). The molecule has 1 N–H and O–H groups in total. The number of hydrogen-bond donors (Lipinski definition) is 1. The first-order valence-corrected chi connectivity index (χ1v) is 7.18. The van der Waals surface area contributed by atoms with Gasteiger partial charge < -0.3 is 14.8 Å². The fourth-order valence-corrected chi connectivity index (χ4v) is 3.66. The van der Waals surface area contributed by atoms with E-state index >= 15 is 0 Å². The summed E-state index contributed by atoms with van der Waals surface area (Å²) < 4.78 is 11.2. The number of morpholine rings is 1. The van der Waals surface area contributed by atoms with Gasteiger partial charge in [-0.05, 0) is 12.0 Å². The third kappa shape index (κ3) is 1.98. The van der Waals surface area contributed by atoms with Crippen molar-refractivity contribution in [3.63, 3.8) is 0 Å². The molecule has 106 valence electrons. The molecule has 3 fully saturated rings. The van der Waals surface area contributed by atoms with E-state index in [2.05, 4.69) is 10.2 Å². The summed E-state index contributed by atoms with van der Waals surface area (Å²) in [5.74, 6) is 0. The molecular formula is C15H18N2O3. The Morgan fingerprint density at radius 2 is 2.20 bits per heavy atom. The SMILES string of the molecule is O=C(N[C@@H]1[C@H]2[C@@H]3CCN2C[C@H]1O3)OCc1ccccc1. The fourth-order valence-electron chi connectivity index (χ4n) is 3.66. The topological polar surface area (TPSA) is 50.8 Å². The predicted molar refractivity (Wildman–Crippen MR) is 72.2 cm³/mol. The summed E-state index contributed by atoms with van der Waals surface area (Å²) in [6.07, 6.45) is 1.17. The van der Waals surface area contributed by atoms with Crippen LogP contribution in [0, 0.1) is 0 Å². The van der Waals surface area contributed by atoms with E-state index in [1.54, 1.807) is 0 Å². The second kappa shape index (κ2) is 4.75. The molecule has 5 nitrogen and oxygen atoms in total. The van der Waals surface area contributed by atoms with E-state index in [1.165, 1.54) is 0 Å². The van der Waals surface area contributed by atoms with Crippen LogP contribution in [-0.2, 0) is 16.1 Å². The lowest BCUT2D eigenvalue weighted by molar-refractivity contribution is 0.00809. The quantitative estimate of drug-likeness (QED) is 0.898. The number of alkyl carbamates (subject to hydrolysis) is 1. The van der Waals surface area contributed by atoms with E-state index in [-0.39, 0.29) is 18.2 Å². The van der Waals surface area contributed by atoms with Gasteiger partial charge in [0.25, 0.3) is 0 Å². The minimum atomic E-state index is -0.346. The van der Waals surface area contributed by atoms with Crippen molar-refractivity contribution in [2.75, 3.05) is 13.1 Å². The average Bonchev–Trinajstić information content (AvgIpc) is 3.05. The zero-order valence-electron chi connectivity index (χ0n) is 11.2. The van der Waals surface area contributed by atoms with Crippen molar-refractivity contribution in [3.05, 3.63) is 35.9 Å². The first kappa shape index (κ1) is 12.2. The highest BCUT2D eigenvalue weighted by Crippen LogP contribution is 2.39. The number of ether oxygens (including phenoxy) is 2. The molecule has 1 aromatic rings. The summed E-state index contributed by atoms with van der Waals surface area (Å²) in [7, 11) is 0. The number of carbonyl (C=O) groups excluding carboxylic acids is 1. The highest BCUT2D eigenvalue weighted by Gasteiger charge is 2.57. The summed E-state index contributed by atoms with van der Waals surface area (Å²) >= 11 is 0. The number of nitrogens with zero attached hydrogens (tertiary/aromatic N) is 1. The van der Waals surface area contributed by atoms with Crippen LogP contribution < -0.4 is 5.32 Å². The monoisotopic (exact) mass is 274 g/mol. The van der Waals surface area contributed by atoms with Crippen molar-refractivity contribution in [2.24, 2.45) is 0 Å². The maximum absolute atomic E-state index is 11.9. The lowest BCUT2D eigenvalue weighted by atomic mass is 10.1. The molecule has 0 spiro atoms. The molecule has 0 aliphatic carbocycles. The summed E-state index contributed by atoms with van der Waals surface area (Å²) in [4.78, 5) is 14.3. The molecule has 0 unspecified atom stereocenters. The third-order valence-electron chi connectivity index (χ3n) is 4.53. The molecule has 1 aromatic carbocycles. The molecule has 3 saturated heterocycles. The standard InChI is InChI=1S/C15H18N2O3/c18-15(19-9-10-4-2-1-3-5-10)16-13-12-8-17-7-6-11(20-12)14(13)17/h1-5,11-14H,6-9H2,(H,16,18)/t11-,12+,13-,14+/m0/s1. The van der Waals surface area contributed by atoms with Gasteiger partial charge >= 0.3 is 6.09 Å². The zero-order chi connectivity index (χ0) is 13.5. The largest absolute Gasteiger partial charge is 0.445 e. The minimum absolute atomic E-state index is 0.0887. The highest BCUT2D eigenvalue weighted by molar-refractivity contribution is 5.68. The molecule has 3 aliphatic rings. The van der Waals surface area contributed by atoms with Crippen LogP contribution in [0.5, 0.6) is 0 Å². The number of amides is 1. The molecule has 0 radical (unpaired) electrons. The number of rotatable bonds is 3. The van der Waals surface area contributed by atoms with E-state index in [1.807, 2.05) is 30.3 Å². The second-order valence-corrected chi connectivity index (χ2v) is 5.72. The molecule has 5 heteroatoms. The lowest BCUT2D eigenvalue weighted by Crippen LogP contribution is -2.45. The van der Waals surface area contributed by atoms with E-state index in [0.29, 0.717) is 18.8 Å². The summed E-state index contributed by atoms with van der Waals surface area (Å²) in [6, 6.07) is 10.2. The van der Waals surface area contributed by atoms with Crippen molar-refractivity contribution in [1.82, 2.24) is 10.2 Å². The normalized spacial score (nSPS) is 34.4. The Kier molecular flexibility index (Phi) is 2.89. The molecule has 2 bridgehead atoms. The van der Waals surface area contributed by atoms with Gasteiger partial charge in [0.15, 0.2) is 0 Å². The Morgan fingerprint density at radius 3 is 3.00 bits per heavy atom. The molecule has 0 saturated carbocycles. The number of carbonyl (C=O) groups is 1. The van der Waals surface area contributed by atoms with Gasteiger partial charge in [-0.3, -0.25) is 4.90 Å². The summed E-state index contributed by atoms with van der Waals surface area (Å²) in [5, 5.41) is 2.98. The minimum Gasteiger partial charge on any atom is -0.445 e. The molecule has 0 aromatic heterocycles. The van der Waals surface area contributed by atoms with Gasteiger partial charge in [0.1, 0.15) is 6.61 Å². The van der Waals surface area contributed by atoms with Gasteiger partial charge in [-0.25, -0.2) is 4.79 Å². The first-order chi connectivity index (χ1) is 9.81. The van der Waals surface area contributed by atoms with Crippen LogP contribution >= 0.6 is 0 Å². The molecule has 4 atom stereocenters. The Balaban J connectivity index is 1.33. The molecule has 1 amide bonds. The molecule has 3 heterocycles. The molecule has 3 aliphatic heterocycles. The van der Waals surface area contributed by atoms with Crippen molar-refractivity contribution in [1.29, 1.82) is 0 Å². The highest BCUT2D eigenvalue weighted by atomic mass is 16.6. The van der Waals surface area contributed by atoms with Crippen LogP contribution in [0.25, 0.3) is 0 Å². The van der Waals surface area contributed by atoms with Gasteiger partial charge in [0.2, 0.25) is 0 Å². The maximum atomic E-state index is 11.9. The number of benzene rings is 1. The maximum Gasteiger partial charge on any atom is 0.407 e. The Labute approximate surface area is 117 Å². The van der Waals surface area contributed by atoms with E-state index in [4.69, 9.17) is 9.47 Å². The summed E-state index contributed by atoms with van der Waals surface area (Å²) in [6.45, 7) is 2.33. The van der Waals surface area contributed by atoms with Crippen LogP contribution in [0.2, 0.25) is 0 Å². The Bertz CT molecular complexity index is 493. The van der Waals surface area contributed by atoms with Crippen molar-refractivity contribution in [3.8, 4) is 0 Å². The number of nitrogens with one attached hydrogen (secondary N) is 1. The Morgan fingerprint density at radius 1 is 1.35 bits per heavy atom. The smallest absolute Gasteiger partial charge is 0.407 e. The Hall–Kier alpha value is -1.59. The second-order valence-electron chi connectivity index (χ2n) is 5.72. The van der Waals surface area contributed by atoms with Gasteiger partial charge in [-0.15, -0.1) is 0 Å². The third-order valence-corrected chi connectivity index (χ3v) is 4.53. The van der Waals surface area contributed by atoms with Gasteiger partial charge in [0, 0.05) is 13.1 Å². The van der Waals surface area contributed by atoms with Crippen LogP contribution in [0.15, 0.2) is 30.3 Å². The molecule has 20 heavy (non-hydrogen) atoms. The van der Waals surface area contributed by atoms with E-state index < -0.39 is 0 Å². The van der Waals surface area contributed by atoms with Gasteiger partial charge in [-0.1, -0.05) is 30.3 Å². The zero-order valence-corrected chi connectivity index (χ0v) is 11.2. The van der Waals surface area contributed by atoms with Gasteiger partial charge in [0.05, 0.1) is 24.3 Å². The number of hydrogen-bond acceptors (Lipinski definition) is 4. The van der Waals surface area contributed by atoms with Crippen molar-refractivity contribution >= 4 is 6.09 Å².